The molecule has 19 heavy (non-hydrogen) atoms. The average Bonchev–Trinajstić information content (AvgIpc) is 2.46. The van der Waals surface area contributed by atoms with Gasteiger partial charge >= 0.3 is 0 Å². The average molecular weight is 251 g/mol. The molecular formula is C16H17N3. The topological polar surface area (TPSA) is 48.7 Å². The first-order chi connectivity index (χ1) is 9.28. The lowest BCUT2D eigenvalue weighted by Gasteiger charge is -2.14. The Balaban J connectivity index is 1.87. The lowest BCUT2D eigenvalue weighted by atomic mass is 10.1. The number of aromatic nitrogens is 1. The molecule has 2 aromatic rings. The van der Waals surface area contributed by atoms with E-state index in [1.54, 1.807) is 18.3 Å². The molecule has 0 radical (unpaired) electrons. The van der Waals surface area contributed by atoms with Crippen LogP contribution in [0.2, 0.25) is 0 Å². The maximum atomic E-state index is 8.84. The van der Waals surface area contributed by atoms with Crippen LogP contribution in [0.15, 0.2) is 48.7 Å². The summed E-state index contributed by atoms with van der Waals surface area (Å²) in [5, 5.41) is 12.2. The van der Waals surface area contributed by atoms with E-state index in [-0.39, 0.29) is 0 Å². The van der Waals surface area contributed by atoms with Crippen molar-refractivity contribution in [1.29, 1.82) is 5.26 Å². The van der Waals surface area contributed by atoms with E-state index in [1.165, 1.54) is 5.56 Å². The molecule has 0 amide bonds. The van der Waals surface area contributed by atoms with Crippen molar-refractivity contribution in [3.8, 4) is 6.07 Å². The molecule has 2 rings (SSSR count). The van der Waals surface area contributed by atoms with Crippen LogP contribution in [-0.2, 0) is 6.42 Å². The summed E-state index contributed by atoms with van der Waals surface area (Å²) in [4.78, 5) is 4.22. The van der Waals surface area contributed by atoms with Crippen molar-refractivity contribution in [2.24, 2.45) is 0 Å². The van der Waals surface area contributed by atoms with Gasteiger partial charge in [0.1, 0.15) is 5.82 Å². The second kappa shape index (κ2) is 6.55. The van der Waals surface area contributed by atoms with Crippen LogP contribution in [-0.4, -0.2) is 11.0 Å². The number of nitrogens with zero attached hydrogens (tertiary/aromatic N) is 2. The van der Waals surface area contributed by atoms with Crippen LogP contribution in [0.3, 0.4) is 0 Å². The number of benzene rings is 1. The molecule has 1 atom stereocenters. The number of anilines is 1. The molecule has 3 nitrogen and oxygen atoms in total. The number of pyridine rings is 1. The fourth-order valence-electron chi connectivity index (χ4n) is 1.93. The minimum Gasteiger partial charge on any atom is -0.368 e. The normalized spacial score (nSPS) is 11.6. The number of aryl methyl sites for hydroxylation is 1. The zero-order chi connectivity index (χ0) is 13.5. The predicted octanol–water partition coefficient (Wildman–Crippen LogP) is 3.39. The first kappa shape index (κ1) is 13.1. The van der Waals surface area contributed by atoms with Gasteiger partial charge in [-0.3, -0.25) is 0 Å². The molecule has 0 saturated carbocycles. The minimum absolute atomic E-state index is 0.321. The molecule has 0 aliphatic heterocycles. The summed E-state index contributed by atoms with van der Waals surface area (Å²) in [6.07, 6.45) is 3.72. The van der Waals surface area contributed by atoms with Crippen LogP contribution in [0, 0.1) is 11.3 Å². The fraction of sp³-hybridized carbons (Fsp3) is 0.250. The SMILES string of the molecule is CC(CCc1ccccc1)Nc1cc(C#N)ccn1. The van der Waals surface area contributed by atoms with E-state index >= 15 is 0 Å². The maximum Gasteiger partial charge on any atom is 0.127 e. The third kappa shape index (κ3) is 4.11. The number of nitriles is 1. The highest BCUT2D eigenvalue weighted by Crippen LogP contribution is 2.11. The van der Waals surface area contributed by atoms with E-state index in [9.17, 15) is 0 Å². The molecular weight excluding hydrogens is 234 g/mol. The molecule has 1 heterocycles. The summed E-state index contributed by atoms with van der Waals surface area (Å²) >= 11 is 0. The van der Waals surface area contributed by atoms with Crippen molar-refractivity contribution in [2.75, 3.05) is 5.32 Å². The highest BCUT2D eigenvalue weighted by Gasteiger charge is 2.04. The van der Waals surface area contributed by atoms with Crippen LogP contribution < -0.4 is 5.32 Å². The van der Waals surface area contributed by atoms with Crippen LogP contribution in [0.4, 0.5) is 5.82 Å². The van der Waals surface area contributed by atoms with Gasteiger partial charge in [0.05, 0.1) is 11.6 Å². The zero-order valence-corrected chi connectivity index (χ0v) is 11.0. The summed E-state index contributed by atoms with van der Waals surface area (Å²) < 4.78 is 0. The highest BCUT2D eigenvalue weighted by molar-refractivity contribution is 5.42. The molecule has 1 N–H and O–H groups in total. The summed E-state index contributed by atoms with van der Waals surface area (Å²) in [7, 11) is 0. The smallest absolute Gasteiger partial charge is 0.127 e. The van der Waals surface area contributed by atoms with Crippen LogP contribution in [0.1, 0.15) is 24.5 Å². The van der Waals surface area contributed by atoms with Crippen molar-refractivity contribution in [3.05, 3.63) is 59.8 Å². The van der Waals surface area contributed by atoms with Gasteiger partial charge in [-0.2, -0.15) is 5.26 Å². The molecule has 0 bridgehead atoms. The Morgan fingerprint density at radius 1 is 1.26 bits per heavy atom. The summed E-state index contributed by atoms with van der Waals surface area (Å²) in [6.45, 7) is 2.13. The standard InChI is InChI=1S/C16H17N3/c1-13(7-8-14-5-3-2-4-6-14)19-16-11-15(12-17)9-10-18-16/h2-6,9-11,13H,7-8H2,1H3,(H,18,19). The van der Waals surface area contributed by atoms with Crippen molar-refractivity contribution in [2.45, 2.75) is 25.8 Å². The molecule has 1 aromatic heterocycles. The van der Waals surface area contributed by atoms with Gasteiger partial charge < -0.3 is 5.32 Å². The van der Waals surface area contributed by atoms with Crippen LogP contribution >= 0.6 is 0 Å². The van der Waals surface area contributed by atoms with Gasteiger partial charge in [0.15, 0.2) is 0 Å². The lowest BCUT2D eigenvalue weighted by molar-refractivity contribution is 0.703. The summed E-state index contributed by atoms with van der Waals surface area (Å²) in [6, 6.07) is 16.4. The Morgan fingerprint density at radius 3 is 2.79 bits per heavy atom. The van der Waals surface area contributed by atoms with Gasteiger partial charge in [0.2, 0.25) is 0 Å². The second-order valence-corrected chi connectivity index (χ2v) is 4.61. The van der Waals surface area contributed by atoms with E-state index in [2.05, 4.69) is 47.6 Å². The van der Waals surface area contributed by atoms with Crippen molar-refractivity contribution in [1.82, 2.24) is 4.98 Å². The summed E-state index contributed by atoms with van der Waals surface area (Å²) in [5.41, 5.74) is 1.97. The van der Waals surface area contributed by atoms with E-state index in [1.807, 2.05) is 6.07 Å². The molecule has 0 saturated heterocycles. The van der Waals surface area contributed by atoms with Gasteiger partial charge in [-0.05, 0) is 37.5 Å². The fourth-order valence-corrected chi connectivity index (χ4v) is 1.93. The number of rotatable bonds is 5. The molecule has 0 aliphatic carbocycles. The quantitative estimate of drug-likeness (QED) is 0.886. The Bertz CT molecular complexity index is 558. The van der Waals surface area contributed by atoms with E-state index in [0.717, 1.165) is 18.7 Å². The van der Waals surface area contributed by atoms with Gasteiger partial charge in [-0.1, -0.05) is 30.3 Å². The Hall–Kier alpha value is -2.34. The largest absolute Gasteiger partial charge is 0.368 e. The van der Waals surface area contributed by atoms with E-state index in [4.69, 9.17) is 5.26 Å². The number of hydrogen-bond donors (Lipinski definition) is 1. The van der Waals surface area contributed by atoms with Crippen LogP contribution in [0.5, 0.6) is 0 Å². The minimum atomic E-state index is 0.321. The van der Waals surface area contributed by atoms with Gasteiger partial charge in [0.25, 0.3) is 0 Å². The number of hydrogen-bond acceptors (Lipinski definition) is 3. The molecule has 1 unspecified atom stereocenters. The molecule has 0 fully saturated rings. The van der Waals surface area contributed by atoms with Crippen molar-refractivity contribution in [3.63, 3.8) is 0 Å². The maximum absolute atomic E-state index is 8.84. The van der Waals surface area contributed by atoms with Crippen molar-refractivity contribution < 1.29 is 0 Å². The second-order valence-electron chi connectivity index (χ2n) is 4.61. The van der Waals surface area contributed by atoms with Gasteiger partial charge in [-0.25, -0.2) is 4.98 Å². The monoisotopic (exact) mass is 251 g/mol. The first-order valence-corrected chi connectivity index (χ1v) is 6.44. The Morgan fingerprint density at radius 2 is 2.05 bits per heavy atom. The molecule has 3 heteroatoms. The molecule has 0 aliphatic rings. The predicted molar refractivity (Wildman–Crippen MR) is 76.8 cm³/mol. The Labute approximate surface area is 113 Å². The molecule has 0 spiro atoms. The summed E-state index contributed by atoms with van der Waals surface area (Å²) in [5.74, 6) is 0.764. The van der Waals surface area contributed by atoms with E-state index < -0.39 is 0 Å². The molecule has 1 aromatic carbocycles. The first-order valence-electron chi connectivity index (χ1n) is 6.44. The van der Waals surface area contributed by atoms with Gasteiger partial charge in [0, 0.05) is 12.2 Å². The van der Waals surface area contributed by atoms with Gasteiger partial charge in [-0.15, -0.1) is 0 Å². The highest BCUT2D eigenvalue weighted by atomic mass is 15.0. The number of nitrogens with one attached hydrogen (secondary N) is 1. The van der Waals surface area contributed by atoms with Crippen LogP contribution in [0.25, 0.3) is 0 Å². The third-order valence-electron chi connectivity index (χ3n) is 2.99. The third-order valence-corrected chi connectivity index (χ3v) is 2.99. The molecule has 96 valence electrons. The van der Waals surface area contributed by atoms with Crippen molar-refractivity contribution >= 4 is 5.82 Å². The Kier molecular flexibility index (Phi) is 4.52. The lowest BCUT2D eigenvalue weighted by Crippen LogP contribution is -2.16. The zero-order valence-electron chi connectivity index (χ0n) is 11.0. The van der Waals surface area contributed by atoms with E-state index in [0.29, 0.717) is 11.6 Å².